The molecule has 0 aliphatic carbocycles. The van der Waals surface area contributed by atoms with E-state index in [1.165, 1.54) is 0 Å². The Labute approximate surface area is 164 Å². The number of nitrogens with one attached hydrogen (secondary N) is 1. The minimum atomic E-state index is -0.214. The molecular weight excluding hydrogens is 358 g/mol. The van der Waals surface area contributed by atoms with Crippen molar-refractivity contribution >= 4 is 11.7 Å². The van der Waals surface area contributed by atoms with Crippen molar-refractivity contribution < 1.29 is 9.53 Å². The van der Waals surface area contributed by atoms with E-state index in [9.17, 15) is 4.79 Å². The average Bonchev–Trinajstić information content (AvgIpc) is 3.40. The van der Waals surface area contributed by atoms with Gasteiger partial charge in [0.15, 0.2) is 0 Å². The fourth-order valence-electron chi connectivity index (χ4n) is 3.85. The smallest absolute Gasteiger partial charge is 0.243 e. The number of carbonyl (C=O) groups is 1. The van der Waals surface area contributed by atoms with Gasteiger partial charge in [-0.3, -0.25) is 14.3 Å². The molecule has 2 aliphatic rings. The number of hydrogen-bond donors (Lipinski definition) is 1. The quantitative estimate of drug-likeness (QED) is 0.812. The lowest BCUT2D eigenvalue weighted by Crippen LogP contribution is -2.54. The number of nitrogens with zero attached hydrogens (tertiary/aromatic N) is 6. The first-order valence-electron chi connectivity index (χ1n) is 9.84. The Hall–Kier alpha value is -2.52. The summed E-state index contributed by atoms with van der Waals surface area (Å²) in [5, 5.41) is 3.18. The maximum atomic E-state index is 13.0. The molecule has 2 aromatic rings. The van der Waals surface area contributed by atoms with Crippen molar-refractivity contribution in [2.45, 2.75) is 38.9 Å². The summed E-state index contributed by atoms with van der Waals surface area (Å²) in [6.45, 7) is 7.90. The van der Waals surface area contributed by atoms with E-state index in [2.05, 4.69) is 25.1 Å². The average molecular weight is 385 g/mol. The molecule has 2 aliphatic heterocycles. The van der Waals surface area contributed by atoms with Gasteiger partial charge in [0.25, 0.3) is 0 Å². The van der Waals surface area contributed by atoms with E-state index < -0.39 is 0 Å². The van der Waals surface area contributed by atoms with Gasteiger partial charge in [0.1, 0.15) is 18.2 Å². The van der Waals surface area contributed by atoms with Gasteiger partial charge in [-0.05, 0) is 26.7 Å². The van der Waals surface area contributed by atoms with Crippen molar-refractivity contribution in [1.82, 2.24) is 29.7 Å². The monoisotopic (exact) mass is 385 g/mol. The summed E-state index contributed by atoms with van der Waals surface area (Å²) < 4.78 is 7.18. The summed E-state index contributed by atoms with van der Waals surface area (Å²) in [5.74, 6) is 1.41. The van der Waals surface area contributed by atoms with Gasteiger partial charge in [0.2, 0.25) is 11.9 Å². The van der Waals surface area contributed by atoms with E-state index in [1.807, 2.05) is 26.1 Å². The van der Waals surface area contributed by atoms with Crippen LogP contribution in [0.25, 0.3) is 5.95 Å². The molecule has 4 heterocycles. The number of hydrogen-bond acceptors (Lipinski definition) is 7. The summed E-state index contributed by atoms with van der Waals surface area (Å²) >= 11 is 0. The van der Waals surface area contributed by atoms with Crippen LogP contribution in [-0.4, -0.2) is 75.4 Å². The third-order valence-corrected chi connectivity index (χ3v) is 5.36. The van der Waals surface area contributed by atoms with Gasteiger partial charge < -0.3 is 15.0 Å². The van der Waals surface area contributed by atoms with Crippen molar-refractivity contribution in [1.29, 1.82) is 0 Å². The number of rotatable bonds is 5. The van der Waals surface area contributed by atoms with Gasteiger partial charge in [0.05, 0.1) is 19.4 Å². The highest BCUT2D eigenvalue weighted by Crippen LogP contribution is 2.25. The summed E-state index contributed by atoms with van der Waals surface area (Å²) in [4.78, 5) is 30.6. The van der Waals surface area contributed by atoms with Gasteiger partial charge in [-0.2, -0.15) is 4.98 Å². The van der Waals surface area contributed by atoms with E-state index in [1.54, 1.807) is 17.1 Å². The molecular formula is C19H27N7O2. The Kier molecular flexibility index (Phi) is 5.54. The van der Waals surface area contributed by atoms with Gasteiger partial charge in [-0.1, -0.05) is 0 Å². The molecule has 0 bridgehead atoms. The molecule has 2 fully saturated rings. The van der Waals surface area contributed by atoms with Gasteiger partial charge in [-0.15, -0.1) is 0 Å². The first-order chi connectivity index (χ1) is 13.6. The lowest BCUT2D eigenvalue weighted by atomic mass is 10.2. The third kappa shape index (κ3) is 4.00. The van der Waals surface area contributed by atoms with Crippen LogP contribution >= 0.6 is 0 Å². The molecule has 0 saturated carbocycles. The largest absolute Gasteiger partial charge is 0.379 e. The predicted molar refractivity (Wildman–Crippen MR) is 104 cm³/mol. The number of anilines is 1. The standard InChI is InChI=1S/C19H27N7O2/c1-14-12-17(23-19(21-14)25-7-5-20-13-25)26-6-3-4-16(26)18(27)22-15(2)24-8-10-28-11-9-24/h5,7,12-13,15-16H,3-4,6,8-11H2,1-2H3,(H,22,27). The highest BCUT2D eigenvalue weighted by Gasteiger charge is 2.33. The number of morpholine rings is 1. The van der Waals surface area contributed by atoms with Crippen LogP contribution < -0.4 is 10.2 Å². The zero-order valence-corrected chi connectivity index (χ0v) is 16.4. The Morgan fingerprint density at radius 1 is 1.29 bits per heavy atom. The molecule has 9 nitrogen and oxygen atoms in total. The normalized spacial score (nSPS) is 21.6. The number of amides is 1. The molecule has 2 unspecified atom stereocenters. The predicted octanol–water partition coefficient (Wildman–Crippen LogP) is 0.734. The van der Waals surface area contributed by atoms with Crippen molar-refractivity contribution in [2.75, 3.05) is 37.7 Å². The fraction of sp³-hybridized carbons (Fsp3) is 0.579. The number of imidazole rings is 1. The first kappa shape index (κ1) is 18.8. The molecule has 2 saturated heterocycles. The van der Waals surface area contributed by atoms with Gasteiger partial charge >= 0.3 is 0 Å². The molecule has 2 aromatic heterocycles. The van der Waals surface area contributed by atoms with Crippen LogP contribution in [-0.2, 0) is 9.53 Å². The molecule has 28 heavy (non-hydrogen) atoms. The number of aromatic nitrogens is 4. The minimum absolute atomic E-state index is 0.00695. The van der Waals surface area contributed by atoms with Crippen molar-refractivity contribution in [2.24, 2.45) is 0 Å². The molecule has 0 radical (unpaired) electrons. The topological polar surface area (TPSA) is 88.4 Å². The Bertz CT molecular complexity index is 805. The second-order valence-electron chi connectivity index (χ2n) is 7.32. The SMILES string of the molecule is Cc1cc(N2CCCC2C(=O)NC(C)N2CCOCC2)nc(-n2ccnc2)n1. The first-order valence-corrected chi connectivity index (χ1v) is 9.84. The van der Waals surface area contributed by atoms with Crippen LogP contribution in [0.15, 0.2) is 24.8 Å². The Balaban J connectivity index is 1.49. The maximum absolute atomic E-state index is 13.0. The van der Waals surface area contributed by atoms with Crippen LogP contribution in [0.2, 0.25) is 0 Å². The highest BCUT2D eigenvalue weighted by atomic mass is 16.5. The van der Waals surface area contributed by atoms with Crippen molar-refractivity contribution in [3.8, 4) is 5.95 Å². The van der Waals surface area contributed by atoms with E-state index in [4.69, 9.17) is 9.72 Å². The summed E-state index contributed by atoms with van der Waals surface area (Å²) in [6.07, 6.45) is 6.98. The number of aryl methyl sites for hydroxylation is 1. The van der Waals surface area contributed by atoms with Gasteiger partial charge in [-0.25, -0.2) is 9.97 Å². The molecule has 1 N–H and O–H groups in total. The second kappa shape index (κ2) is 8.24. The summed E-state index contributed by atoms with van der Waals surface area (Å²) in [7, 11) is 0. The Morgan fingerprint density at radius 2 is 2.11 bits per heavy atom. The van der Waals surface area contributed by atoms with Crippen LogP contribution in [0.4, 0.5) is 5.82 Å². The van der Waals surface area contributed by atoms with E-state index in [-0.39, 0.29) is 18.1 Å². The van der Waals surface area contributed by atoms with E-state index in [0.717, 1.165) is 44.0 Å². The molecule has 9 heteroatoms. The van der Waals surface area contributed by atoms with Gasteiger partial charge in [0, 0.05) is 43.8 Å². The second-order valence-corrected chi connectivity index (χ2v) is 7.32. The Morgan fingerprint density at radius 3 is 2.86 bits per heavy atom. The molecule has 0 spiro atoms. The van der Waals surface area contributed by atoms with Crippen molar-refractivity contribution in [3.05, 3.63) is 30.5 Å². The zero-order chi connectivity index (χ0) is 19.5. The lowest BCUT2D eigenvalue weighted by Gasteiger charge is -2.34. The van der Waals surface area contributed by atoms with Crippen LogP contribution in [0.3, 0.4) is 0 Å². The van der Waals surface area contributed by atoms with E-state index >= 15 is 0 Å². The molecule has 2 atom stereocenters. The zero-order valence-electron chi connectivity index (χ0n) is 16.4. The lowest BCUT2D eigenvalue weighted by molar-refractivity contribution is -0.124. The van der Waals surface area contributed by atoms with E-state index in [0.29, 0.717) is 19.2 Å². The van der Waals surface area contributed by atoms with Crippen molar-refractivity contribution in [3.63, 3.8) is 0 Å². The minimum Gasteiger partial charge on any atom is -0.379 e. The molecule has 4 rings (SSSR count). The van der Waals surface area contributed by atoms with Crippen LogP contribution in [0.5, 0.6) is 0 Å². The van der Waals surface area contributed by atoms with Crippen LogP contribution in [0, 0.1) is 6.92 Å². The molecule has 150 valence electrons. The fourth-order valence-corrected chi connectivity index (χ4v) is 3.85. The summed E-state index contributed by atoms with van der Waals surface area (Å²) in [6, 6.07) is 1.73. The summed E-state index contributed by atoms with van der Waals surface area (Å²) in [5.41, 5.74) is 0.862. The number of ether oxygens (including phenoxy) is 1. The maximum Gasteiger partial charge on any atom is 0.243 e. The van der Waals surface area contributed by atoms with Crippen LogP contribution in [0.1, 0.15) is 25.5 Å². The third-order valence-electron chi connectivity index (χ3n) is 5.36. The molecule has 1 amide bonds. The highest BCUT2D eigenvalue weighted by molar-refractivity contribution is 5.85. The number of carbonyl (C=O) groups excluding carboxylic acids is 1. The molecule has 0 aromatic carbocycles.